The predicted molar refractivity (Wildman–Crippen MR) is 94.6 cm³/mol. The first-order chi connectivity index (χ1) is 11.6. The monoisotopic (exact) mass is 326 g/mol. The Hall–Kier alpha value is -2.69. The molecular formula is C19H22N2O3. The molecule has 1 aliphatic rings. The van der Waals surface area contributed by atoms with Crippen molar-refractivity contribution in [2.24, 2.45) is 0 Å². The second-order valence-electron chi connectivity index (χ2n) is 5.88. The second-order valence-corrected chi connectivity index (χ2v) is 5.88. The van der Waals surface area contributed by atoms with Gasteiger partial charge in [0.15, 0.2) is 6.61 Å². The number of nitrogens with zero attached hydrogens (tertiary/aromatic N) is 1. The van der Waals surface area contributed by atoms with Crippen LogP contribution in [0.5, 0.6) is 11.5 Å². The number of para-hydroxylation sites is 1. The number of fused-ring (bicyclic) bond motifs is 1. The normalized spacial score (nSPS) is 13.4. The zero-order valence-corrected chi connectivity index (χ0v) is 13.8. The maximum Gasteiger partial charge on any atom is 0.265 e. The van der Waals surface area contributed by atoms with Crippen LogP contribution in [0.15, 0.2) is 42.5 Å². The number of carbonyl (C=O) groups excluding carboxylic acids is 1. The number of rotatable bonds is 6. The van der Waals surface area contributed by atoms with Crippen LogP contribution in [0.1, 0.15) is 18.4 Å². The van der Waals surface area contributed by atoms with E-state index in [-0.39, 0.29) is 12.5 Å². The van der Waals surface area contributed by atoms with Gasteiger partial charge in [-0.1, -0.05) is 18.2 Å². The van der Waals surface area contributed by atoms with E-state index in [1.54, 1.807) is 17.0 Å². The fourth-order valence-electron chi connectivity index (χ4n) is 2.74. The zero-order valence-electron chi connectivity index (χ0n) is 13.8. The van der Waals surface area contributed by atoms with E-state index in [0.29, 0.717) is 24.6 Å². The molecular weight excluding hydrogens is 304 g/mol. The van der Waals surface area contributed by atoms with Crippen molar-refractivity contribution >= 4 is 17.3 Å². The van der Waals surface area contributed by atoms with Gasteiger partial charge in [0.2, 0.25) is 0 Å². The summed E-state index contributed by atoms with van der Waals surface area (Å²) >= 11 is 0. The van der Waals surface area contributed by atoms with Crippen molar-refractivity contribution in [3.05, 3.63) is 48.0 Å². The van der Waals surface area contributed by atoms with Crippen LogP contribution < -0.4 is 20.1 Å². The summed E-state index contributed by atoms with van der Waals surface area (Å²) in [7, 11) is 0. The number of hydrogen-bond donors (Lipinski definition) is 1. The molecule has 24 heavy (non-hydrogen) atoms. The number of unbranched alkanes of at least 4 members (excludes halogenated alkanes) is 1. The van der Waals surface area contributed by atoms with Gasteiger partial charge in [-0.2, -0.15) is 0 Å². The molecule has 0 radical (unpaired) electrons. The lowest BCUT2D eigenvalue weighted by atomic mass is 10.2. The highest BCUT2D eigenvalue weighted by atomic mass is 16.5. The minimum atomic E-state index is -0.0343. The van der Waals surface area contributed by atoms with Crippen LogP contribution in [0.4, 0.5) is 11.4 Å². The van der Waals surface area contributed by atoms with E-state index in [4.69, 9.17) is 15.2 Å². The number of amides is 1. The highest BCUT2D eigenvalue weighted by Gasteiger charge is 2.25. The smallest absolute Gasteiger partial charge is 0.265 e. The molecule has 2 N–H and O–H groups in total. The van der Waals surface area contributed by atoms with Crippen molar-refractivity contribution < 1.29 is 14.3 Å². The van der Waals surface area contributed by atoms with Crippen LogP contribution in [0.3, 0.4) is 0 Å². The number of nitrogen functional groups attached to an aromatic ring is 1. The number of ether oxygens (including phenoxy) is 2. The summed E-state index contributed by atoms with van der Waals surface area (Å²) in [4.78, 5) is 13.9. The SMILES string of the molecule is Cc1ccccc1OCCCCN1C(=O)COc2ccc(N)cc21. The van der Waals surface area contributed by atoms with Crippen molar-refractivity contribution in [1.29, 1.82) is 0 Å². The molecule has 0 saturated heterocycles. The molecule has 0 fully saturated rings. The Bertz CT molecular complexity index is 730. The standard InChI is InChI=1S/C19H22N2O3/c1-14-6-2-3-7-17(14)23-11-5-4-10-21-16-12-15(20)8-9-18(16)24-13-19(21)22/h2-3,6-9,12H,4-5,10-11,13,20H2,1H3. The molecule has 0 aliphatic carbocycles. The van der Waals surface area contributed by atoms with Gasteiger partial charge in [0.1, 0.15) is 11.5 Å². The summed E-state index contributed by atoms with van der Waals surface area (Å²) in [5.74, 6) is 1.59. The third-order valence-electron chi connectivity index (χ3n) is 4.05. The van der Waals surface area contributed by atoms with Crippen LogP contribution in [0, 0.1) is 6.92 Å². The second kappa shape index (κ2) is 7.25. The number of hydrogen-bond acceptors (Lipinski definition) is 4. The maximum absolute atomic E-state index is 12.1. The molecule has 0 spiro atoms. The highest BCUT2D eigenvalue weighted by molar-refractivity contribution is 5.98. The molecule has 3 rings (SSSR count). The van der Waals surface area contributed by atoms with Crippen molar-refractivity contribution in [1.82, 2.24) is 0 Å². The maximum atomic E-state index is 12.1. The van der Waals surface area contributed by atoms with Gasteiger partial charge in [0.05, 0.1) is 12.3 Å². The van der Waals surface area contributed by atoms with Gasteiger partial charge in [-0.3, -0.25) is 4.79 Å². The summed E-state index contributed by atoms with van der Waals surface area (Å²) < 4.78 is 11.2. The van der Waals surface area contributed by atoms with Gasteiger partial charge >= 0.3 is 0 Å². The van der Waals surface area contributed by atoms with E-state index in [2.05, 4.69) is 0 Å². The first kappa shape index (κ1) is 16.2. The van der Waals surface area contributed by atoms with Crippen LogP contribution in [-0.2, 0) is 4.79 Å². The third-order valence-corrected chi connectivity index (χ3v) is 4.05. The molecule has 0 saturated carbocycles. The summed E-state index contributed by atoms with van der Waals surface area (Å²) in [6.07, 6.45) is 1.72. The molecule has 5 nitrogen and oxygen atoms in total. The van der Waals surface area contributed by atoms with Gasteiger partial charge in [0, 0.05) is 12.2 Å². The Balaban J connectivity index is 1.53. The quantitative estimate of drug-likeness (QED) is 0.654. The Kier molecular flexibility index (Phi) is 4.89. The molecule has 0 bridgehead atoms. The van der Waals surface area contributed by atoms with Gasteiger partial charge in [0.25, 0.3) is 5.91 Å². The van der Waals surface area contributed by atoms with Crippen molar-refractivity contribution in [3.63, 3.8) is 0 Å². The first-order valence-corrected chi connectivity index (χ1v) is 8.16. The van der Waals surface area contributed by atoms with Gasteiger partial charge in [-0.05, 0) is 49.6 Å². The minimum absolute atomic E-state index is 0.0343. The zero-order chi connectivity index (χ0) is 16.9. The van der Waals surface area contributed by atoms with Crippen LogP contribution in [0.25, 0.3) is 0 Å². The van der Waals surface area contributed by atoms with Crippen LogP contribution in [-0.4, -0.2) is 25.7 Å². The molecule has 1 amide bonds. The molecule has 1 aliphatic heterocycles. The molecule has 2 aromatic carbocycles. The van der Waals surface area contributed by atoms with Crippen LogP contribution >= 0.6 is 0 Å². The van der Waals surface area contributed by atoms with Gasteiger partial charge in [-0.25, -0.2) is 0 Å². The lowest BCUT2D eigenvalue weighted by Crippen LogP contribution is -2.39. The summed E-state index contributed by atoms with van der Waals surface area (Å²) in [6, 6.07) is 13.3. The molecule has 5 heteroatoms. The number of aryl methyl sites for hydroxylation is 1. The summed E-state index contributed by atoms with van der Waals surface area (Å²) in [6.45, 7) is 3.38. The molecule has 0 aromatic heterocycles. The predicted octanol–water partition coefficient (Wildman–Crippen LogP) is 3.16. The van der Waals surface area contributed by atoms with E-state index in [9.17, 15) is 4.79 Å². The Labute approximate surface area is 142 Å². The van der Waals surface area contributed by atoms with E-state index in [0.717, 1.165) is 29.8 Å². The molecule has 2 aromatic rings. The van der Waals surface area contributed by atoms with E-state index >= 15 is 0 Å². The van der Waals surface area contributed by atoms with Gasteiger partial charge < -0.3 is 20.1 Å². The van der Waals surface area contributed by atoms with E-state index in [1.165, 1.54) is 0 Å². The lowest BCUT2D eigenvalue weighted by Gasteiger charge is -2.29. The number of anilines is 2. The van der Waals surface area contributed by atoms with Crippen molar-refractivity contribution in [2.45, 2.75) is 19.8 Å². The largest absolute Gasteiger partial charge is 0.493 e. The molecule has 1 heterocycles. The molecule has 0 atom stereocenters. The number of nitrogens with two attached hydrogens (primary N) is 1. The minimum Gasteiger partial charge on any atom is -0.493 e. The molecule has 0 unspecified atom stereocenters. The van der Waals surface area contributed by atoms with E-state index < -0.39 is 0 Å². The Morgan fingerprint density at radius 3 is 2.88 bits per heavy atom. The average Bonchev–Trinajstić information content (AvgIpc) is 2.58. The first-order valence-electron chi connectivity index (χ1n) is 8.16. The Morgan fingerprint density at radius 2 is 2.04 bits per heavy atom. The summed E-state index contributed by atoms with van der Waals surface area (Å²) in [5.41, 5.74) is 8.34. The Morgan fingerprint density at radius 1 is 1.21 bits per heavy atom. The van der Waals surface area contributed by atoms with Gasteiger partial charge in [-0.15, -0.1) is 0 Å². The fourth-order valence-corrected chi connectivity index (χ4v) is 2.74. The van der Waals surface area contributed by atoms with Crippen molar-refractivity contribution in [2.75, 3.05) is 30.4 Å². The average molecular weight is 326 g/mol. The summed E-state index contributed by atoms with van der Waals surface area (Å²) in [5, 5.41) is 0. The van der Waals surface area contributed by atoms with E-state index in [1.807, 2.05) is 37.3 Å². The topological polar surface area (TPSA) is 64.8 Å². The highest BCUT2D eigenvalue weighted by Crippen LogP contribution is 2.33. The number of carbonyl (C=O) groups is 1. The third kappa shape index (κ3) is 3.62. The fraction of sp³-hybridized carbons (Fsp3) is 0.316. The lowest BCUT2D eigenvalue weighted by molar-refractivity contribution is -0.121. The number of benzene rings is 2. The van der Waals surface area contributed by atoms with Crippen molar-refractivity contribution in [3.8, 4) is 11.5 Å². The van der Waals surface area contributed by atoms with Crippen LogP contribution in [0.2, 0.25) is 0 Å². The molecule has 126 valence electrons.